The maximum Gasteiger partial charge on any atom is 0.210 e. The maximum atomic E-state index is 6.10. The molecule has 3 aromatic rings. The average molecular weight is 380 g/mol. The lowest BCUT2D eigenvalue weighted by Gasteiger charge is -2.16. The Bertz CT molecular complexity index is 833. The molecule has 8 heteroatoms. The zero-order valence-electron chi connectivity index (χ0n) is 13.7. The molecule has 0 saturated heterocycles. The van der Waals surface area contributed by atoms with E-state index in [1.165, 1.54) is 11.8 Å². The van der Waals surface area contributed by atoms with Gasteiger partial charge in [-0.1, -0.05) is 56.3 Å². The lowest BCUT2D eigenvalue weighted by atomic mass is 9.96. The Labute approximate surface area is 154 Å². The van der Waals surface area contributed by atoms with Gasteiger partial charge in [0.25, 0.3) is 0 Å². The van der Waals surface area contributed by atoms with E-state index in [-0.39, 0.29) is 5.41 Å². The summed E-state index contributed by atoms with van der Waals surface area (Å²) in [5, 5.41) is 12.8. The Kier molecular flexibility index (Phi) is 4.85. The molecular weight excluding hydrogens is 362 g/mol. The Hall–Kier alpha value is -1.57. The van der Waals surface area contributed by atoms with Crippen LogP contribution in [0.3, 0.4) is 0 Å². The largest absolute Gasteiger partial charge is 0.336 e. The summed E-state index contributed by atoms with van der Waals surface area (Å²) in [6.07, 6.45) is 0. The highest BCUT2D eigenvalue weighted by molar-refractivity contribution is 7.98. The van der Waals surface area contributed by atoms with Gasteiger partial charge in [0.05, 0.1) is 5.69 Å². The van der Waals surface area contributed by atoms with Crippen molar-refractivity contribution in [2.24, 2.45) is 0 Å². The summed E-state index contributed by atoms with van der Waals surface area (Å²) in [5.41, 5.74) is 1.93. The van der Waals surface area contributed by atoms with Gasteiger partial charge in [0, 0.05) is 27.1 Å². The smallest absolute Gasteiger partial charge is 0.210 e. The van der Waals surface area contributed by atoms with Crippen LogP contribution in [-0.2, 0) is 11.2 Å². The minimum absolute atomic E-state index is 0.136. The van der Waals surface area contributed by atoms with Crippen molar-refractivity contribution in [1.29, 1.82) is 0 Å². The van der Waals surface area contributed by atoms with Crippen LogP contribution in [0.5, 0.6) is 0 Å². The van der Waals surface area contributed by atoms with Crippen molar-refractivity contribution in [1.82, 2.24) is 19.9 Å². The second-order valence-electron chi connectivity index (χ2n) is 6.37. The molecule has 1 aromatic carbocycles. The summed E-state index contributed by atoms with van der Waals surface area (Å²) in [7, 11) is 0. The van der Waals surface area contributed by atoms with E-state index in [2.05, 4.69) is 41.3 Å². The number of aromatic nitrogens is 4. The number of halogens is 1. The van der Waals surface area contributed by atoms with E-state index in [4.69, 9.17) is 17.4 Å². The normalized spacial score (nSPS) is 11.8. The van der Waals surface area contributed by atoms with E-state index in [1.54, 1.807) is 16.0 Å². The molecule has 0 bridgehead atoms. The van der Waals surface area contributed by atoms with Gasteiger partial charge in [-0.25, -0.2) is 9.66 Å². The van der Waals surface area contributed by atoms with Gasteiger partial charge in [0.2, 0.25) is 5.16 Å². The van der Waals surface area contributed by atoms with Crippen molar-refractivity contribution >= 4 is 34.7 Å². The Morgan fingerprint density at radius 3 is 2.54 bits per heavy atom. The monoisotopic (exact) mass is 379 g/mol. The number of thioether (sulfide) groups is 1. The topological polar surface area (TPSA) is 69.6 Å². The number of nitrogens with two attached hydrogens (primary N) is 1. The van der Waals surface area contributed by atoms with Crippen molar-refractivity contribution in [3.63, 3.8) is 0 Å². The van der Waals surface area contributed by atoms with Crippen LogP contribution in [0.4, 0.5) is 0 Å². The molecule has 3 rings (SSSR count). The van der Waals surface area contributed by atoms with Gasteiger partial charge in [0.1, 0.15) is 5.01 Å². The van der Waals surface area contributed by atoms with Crippen LogP contribution in [0.1, 0.15) is 32.3 Å². The number of benzene rings is 1. The first-order valence-corrected chi connectivity index (χ1v) is 9.63. The van der Waals surface area contributed by atoms with Gasteiger partial charge in [0.15, 0.2) is 5.82 Å². The van der Waals surface area contributed by atoms with E-state index in [0.29, 0.717) is 10.9 Å². The van der Waals surface area contributed by atoms with Crippen LogP contribution in [0, 0.1) is 0 Å². The summed E-state index contributed by atoms with van der Waals surface area (Å²) in [4.78, 5) is 4.67. The molecule has 0 atom stereocenters. The molecule has 24 heavy (non-hydrogen) atoms. The predicted octanol–water partition coefficient (Wildman–Crippen LogP) is 4.36. The van der Waals surface area contributed by atoms with E-state index >= 15 is 0 Å². The van der Waals surface area contributed by atoms with E-state index in [1.807, 2.05) is 24.3 Å². The van der Waals surface area contributed by atoms with Crippen LogP contribution >= 0.6 is 34.7 Å². The van der Waals surface area contributed by atoms with E-state index in [0.717, 1.165) is 27.1 Å². The molecule has 0 unspecified atom stereocenters. The summed E-state index contributed by atoms with van der Waals surface area (Å²) < 4.78 is 1.57. The SMILES string of the molecule is CC(C)(C)c1nnc(SCc2csc(-c3ccc(Cl)cc3)n2)n1N. The molecule has 5 nitrogen and oxygen atoms in total. The lowest BCUT2D eigenvalue weighted by molar-refractivity contribution is 0.523. The van der Waals surface area contributed by atoms with Gasteiger partial charge in [-0.05, 0) is 12.1 Å². The fourth-order valence-electron chi connectivity index (χ4n) is 2.12. The first-order valence-electron chi connectivity index (χ1n) is 7.39. The molecule has 0 aliphatic rings. The predicted molar refractivity (Wildman–Crippen MR) is 101 cm³/mol. The minimum atomic E-state index is -0.136. The molecule has 126 valence electrons. The molecular formula is C16H18ClN5S2. The fraction of sp³-hybridized carbons (Fsp3) is 0.312. The molecule has 2 N–H and O–H groups in total. The van der Waals surface area contributed by atoms with Gasteiger partial charge in [-0.2, -0.15) is 0 Å². The molecule has 0 aliphatic heterocycles. The second-order valence-corrected chi connectivity index (χ2v) is 8.60. The number of nitrogen functional groups attached to an aromatic ring is 1. The highest BCUT2D eigenvalue weighted by atomic mass is 35.5. The highest BCUT2D eigenvalue weighted by Gasteiger charge is 2.23. The van der Waals surface area contributed by atoms with Crippen molar-refractivity contribution in [2.75, 3.05) is 5.84 Å². The van der Waals surface area contributed by atoms with E-state index < -0.39 is 0 Å². The molecule has 2 heterocycles. The second kappa shape index (κ2) is 6.74. The van der Waals surface area contributed by atoms with Crippen LogP contribution in [0.25, 0.3) is 10.6 Å². The average Bonchev–Trinajstić information content (AvgIpc) is 3.12. The third-order valence-corrected chi connectivity index (χ3v) is 5.50. The van der Waals surface area contributed by atoms with Crippen LogP contribution in [-0.4, -0.2) is 19.9 Å². The Balaban J connectivity index is 1.70. The number of hydrogen-bond acceptors (Lipinski definition) is 6. The van der Waals surface area contributed by atoms with Crippen molar-refractivity contribution in [3.8, 4) is 10.6 Å². The summed E-state index contributed by atoms with van der Waals surface area (Å²) in [5.74, 6) is 7.57. The molecule has 2 aromatic heterocycles. The molecule has 0 radical (unpaired) electrons. The van der Waals surface area contributed by atoms with Crippen molar-refractivity contribution in [2.45, 2.75) is 37.1 Å². The first kappa shape index (κ1) is 17.3. The maximum absolute atomic E-state index is 6.10. The molecule has 0 fully saturated rings. The molecule has 0 spiro atoms. The number of nitrogens with zero attached hydrogens (tertiary/aromatic N) is 4. The summed E-state index contributed by atoms with van der Waals surface area (Å²) in [6, 6.07) is 7.70. The van der Waals surface area contributed by atoms with Gasteiger partial charge in [-0.3, -0.25) is 0 Å². The van der Waals surface area contributed by atoms with Gasteiger partial charge in [-0.15, -0.1) is 21.5 Å². The quantitative estimate of drug-likeness (QED) is 0.538. The molecule has 0 aliphatic carbocycles. The van der Waals surface area contributed by atoms with Crippen LogP contribution in [0.15, 0.2) is 34.8 Å². The number of thiazole rings is 1. The third-order valence-electron chi connectivity index (χ3n) is 3.33. The van der Waals surface area contributed by atoms with Crippen molar-refractivity contribution in [3.05, 3.63) is 46.2 Å². The zero-order valence-corrected chi connectivity index (χ0v) is 16.0. The van der Waals surface area contributed by atoms with Crippen LogP contribution in [0.2, 0.25) is 5.02 Å². The molecule has 0 amide bonds. The van der Waals surface area contributed by atoms with Gasteiger partial charge >= 0.3 is 0 Å². The minimum Gasteiger partial charge on any atom is -0.336 e. The Morgan fingerprint density at radius 1 is 1.21 bits per heavy atom. The Morgan fingerprint density at radius 2 is 1.92 bits per heavy atom. The molecule has 0 saturated carbocycles. The number of hydrogen-bond donors (Lipinski definition) is 1. The standard InChI is InChI=1S/C16H18ClN5S2/c1-16(2,3)14-20-21-15(22(14)18)24-9-12-8-23-13(19-12)10-4-6-11(17)7-5-10/h4-8H,9,18H2,1-3H3. The van der Waals surface area contributed by atoms with Gasteiger partial charge < -0.3 is 5.84 Å². The highest BCUT2D eigenvalue weighted by Crippen LogP contribution is 2.29. The number of rotatable bonds is 4. The van der Waals surface area contributed by atoms with Crippen LogP contribution < -0.4 is 5.84 Å². The zero-order chi connectivity index (χ0) is 17.3. The summed E-state index contributed by atoms with van der Waals surface area (Å²) >= 11 is 9.07. The first-order chi connectivity index (χ1) is 11.3. The van der Waals surface area contributed by atoms with E-state index in [9.17, 15) is 0 Å². The fourth-order valence-corrected chi connectivity index (χ4v) is 3.93. The van der Waals surface area contributed by atoms with Crippen molar-refractivity contribution < 1.29 is 0 Å². The summed E-state index contributed by atoms with van der Waals surface area (Å²) in [6.45, 7) is 6.19. The third kappa shape index (κ3) is 3.74. The lowest BCUT2D eigenvalue weighted by Crippen LogP contribution is -2.24.